The van der Waals surface area contributed by atoms with Gasteiger partial charge in [-0.05, 0) is 49.0 Å². The lowest BCUT2D eigenvalue weighted by Gasteiger charge is -2.42. The van der Waals surface area contributed by atoms with E-state index in [1.54, 1.807) is 0 Å². The van der Waals surface area contributed by atoms with Gasteiger partial charge in [-0.3, -0.25) is 4.90 Å². The first-order valence-electron chi connectivity index (χ1n) is 7.27. The average molecular weight is 281 g/mol. The molecule has 0 bridgehead atoms. The largest absolute Gasteiger partial charge is 0.329 e. The van der Waals surface area contributed by atoms with E-state index in [0.29, 0.717) is 18.0 Å². The van der Waals surface area contributed by atoms with E-state index in [0.717, 1.165) is 18.1 Å². The quantitative estimate of drug-likeness (QED) is 0.908. The van der Waals surface area contributed by atoms with Gasteiger partial charge in [-0.15, -0.1) is 0 Å². The molecular weight excluding hydrogens is 256 g/mol. The molecule has 1 aliphatic rings. The summed E-state index contributed by atoms with van der Waals surface area (Å²) in [5, 5.41) is 0.789. The topological polar surface area (TPSA) is 29.3 Å². The Bertz CT molecular complexity index is 394. The Kier molecular flexibility index (Phi) is 4.88. The van der Waals surface area contributed by atoms with Crippen molar-refractivity contribution in [2.45, 2.75) is 39.2 Å². The maximum Gasteiger partial charge on any atom is 0.0470 e. The first-order chi connectivity index (χ1) is 9.08. The summed E-state index contributed by atoms with van der Waals surface area (Å²) in [6.45, 7) is 7.67. The van der Waals surface area contributed by atoms with Crippen molar-refractivity contribution in [1.82, 2.24) is 4.90 Å². The Morgan fingerprint density at radius 2 is 1.84 bits per heavy atom. The second-order valence-electron chi connectivity index (χ2n) is 6.00. The number of rotatable bonds is 4. The normalized spacial score (nSPS) is 21.3. The van der Waals surface area contributed by atoms with Crippen LogP contribution in [0.4, 0.5) is 0 Å². The highest BCUT2D eigenvalue weighted by atomic mass is 35.5. The molecule has 1 aromatic rings. The van der Waals surface area contributed by atoms with Crippen molar-refractivity contribution < 1.29 is 0 Å². The van der Waals surface area contributed by atoms with Crippen LogP contribution in [-0.2, 0) is 0 Å². The number of piperidine rings is 1. The molecule has 1 fully saturated rings. The molecule has 1 unspecified atom stereocenters. The van der Waals surface area contributed by atoms with Crippen molar-refractivity contribution in [2.24, 2.45) is 11.1 Å². The summed E-state index contributed by atoms with van der Waals surface area (Å²) in [5.41, 5.74) is 7.81. The Hall–Kier alpha value is -0.570. The molecule has 19 heavy (non-hydrogen) atoms. The van der Waals surface area contributed by atoms with E-state index in [1.807, 2.05) is 12.1 Å². The number of nitrogens with zero attached hydrogens (tertiary/aromatic N) is 1. The second-order valence-corrected chi connectivity index (χ2v) is 6.44. The first-order valence-corrected chi connectivity index (χ1v) is 7.65. The van der Waals surface area contributed by atoms with Gasteiger partial charge in [0.15, 0.2) is 0 Å². The molecule has 1 aromatic carbocycles. The molecule has 1 saturated heterocycles. The van der Waals surface area contributed by atoms with Gasteiger partial charge in [0, 0.05) is 17.6 Å². The van der Waals surface area contributed by atoms with E-state index in [9.17, 15) is 0 Å². The molecule has 2 nitrogen and oxygen atoms in total. The van der Waals surface area contributed by atoms with Gasteiger partial charge >= 0.3 is 0 Å². The lowest BCUT2D eigenvalue weighted by Crippen LogP contribution is -2.42. The van der Waals surface area contributed by atoms with Crippen molar-refractivity contribution in [2.75, 3.05) is 19.6 Å². The highest BCUT2D eigenvalue weighted by molar-refractivity contribution is 6.30. The standard InChI is InChI=1S/C16H25ClN2/c1-3-16(2)8-10-19(11-9-16)15(12-18)13-4-6-14(17)7-5-13/h4-7,15H,3,8-12,18H2,1-2H3. The van der Waals surface area contributed by atoms with Crippen LogP contribution in [0.2, 0.25) is 5.02 Å². The number of halogens is 1. The third-order valence-electron chi connectivity index (χ3n) is 4.78. The van der Waals surface area contributed by atoms with Crippen molar-refractivity contribution in [1.29, 1.82) is 0 Å². The lowest BCUT2D eigenvalue weighted by molar-refractivity contribution is 0.0829. The van der Waals surface area contributed by atoms with Gasteiger partial charge in [0.25, 0.3) is 0 Å². The predicted octanol–water partition coefficient (Wildman–Crippen LogP) is 3.85. The molecule has 0 aliphatic carbocycles. The molecule has 0 aromatic heterocycles. The Labute approximate surface area is 121 Å². The Morgan fingerprint density at radius 1 is 1.26 bits per heavy atom. The van der Waals surface area contributed by atoms with Gasteiger partial charge in [-0.1, -0.05) is 44.0 Å². The minimum atomic E-state index is 0.332. The highest BCUT2D eigenvalue weighted by Crippen LogP contribution is 2.36. The zero-order valence-corrected chi connectivity index (χ0v) is 12.8. The summed E-state index contributed by atoms with van der Waals surface area (Å²) in [6.07, 6.45) is 3.82. The number of likely N-dealkylation sites (tertiary alicyclic amines) is 1. The zero-order chi connectivity index (χ0) is 13.9. The Balaban J connectivity index is 2.05. The maximum atomic E-state index is 6.00. The van der Waals surface area contributed by atoms with Crippen LogP contribution in [0.25, 0.3) is 0 Å². The fraction of sp³-hybridized carbons (Fsp3) is 0.625. The van der Waals surface area contributed by atoms with Gasteiger partial charge in [0.05, 0.1) is 0 Å². The molecule has 0 saturated carbocycles. The summed E-state index contributed by atoms with van der Waals surface area (Å²) in [4.78, 5) is 2.53. The van der Waals surface area contributed by atoms with Crippen LogP contribution in [-0.4, -0.2) is 24.5 Å². The third kappa shape index (κ3) is 3.50. The van der Waals surface area contributed by atoms with Crippen LogP contribution in [0.15, 0.2) is 24.3 Å². The number of benzene rings is 1. The monoisotopic (exact) mass is 280 g/mol. The summed E-state index contributed by atoms with van der Waals surface area (Å²) in [5.74, 6) is 0. The Morgan fingerprint density at radius 3 is 2.32 bits per heavy atom. The van der Waals surface area contributed by atoms with Crippen LogP contribution in [0.1, 0.15) is 44.7 Å². The summed E-state index contributed by atoms with van der Waals surface area (Å²) in [6, 6.07) is 8.46. The van der Waals surface area contributed by atoms with Gasteiger partial charge in [-0.25, -0.2) is 0 Å². The van der Waals surface area contributed by atoms with E-state index in [2.05, 4.69) is 30.9 Å². The zero-order valence-electron chi connectivity index (χ0n) is 12.0. The molecular formula is C16H25ClN2. The molecule has 0 radical (unpaired) electrons. The number of hydrogen-bond donors (Lipinski definition) is 1. The van der Waals surface area contributed by atoms with Crippen LogP contribution >= 0.6 is 11.6 Å². The molecule has 0 amide bonds. The molecule has 3 heteroatoms. The fourth-order valence-corrected chi connectivity index (χ4v) is 3.04. The minimum absolute atomic E-state index is 0.332. The van der Waals surface area contributed by atoms with Gasteiger partial charge in [-0.2, -0.15) is 0 Å². The first kappa shape index (κ1) is 14.8. The van der Waals surface area contributed by atoms with E-state index >= 15 is 0 Å². The number of nitrogens with two attached hydrogens (primary N) is 1. The van der Waals surface area contributed by atoms with Crippen molar-refractivity contribution in [3.8, 4) is 0 Å². The molecule has 0 spiro atoms. The maximum absolute atomic E-state index is 6.00. The van der Waals surface area contributed by atoms with Crippen LogP contribution in [0, 0.1) is 5.41 Å². The van der Waals surface area contributed by atoms with Crippen LogP contribution < -0.4 is 5.73 Å². The molecule has 1 atom stereocenters. The second kappa shape index (κ2) is 6.25. The minimum Gasteiger partial charge on any atom is -0.329 e. The van der Waals surface area contributed by atoms with Crippen molar-refractivity contribution >= 4 is 11.6 Å². The van der Waals surface area contributed by atoms with E-state index in [1.165, 1.54) is 24.8 Å². The number of hydrogen-bond acceptors (Lipinski definition) is 2. The van der Waals surface area contributed by atoms with Crippen LogP contribution in [0.5, 0.6) is 0 Å². The fourth-order valence-electron chi connectivity index (χ4n) is 2.91. The molecule has 1 heterocycles. The van der Waals surface area contributed by atoms with E-state index in [4.69, 9.17) is 17.3 Å². The van der Waals surface area contributed by atoms with E-state index in [-0.39, 0.29) is 0 Å². The molecule has 1 aliphatic heterocycles. The third-order valence-corrected chi connectivity index (χ3v) is 5.03. The average Bonchev–Trinajstić information content (AvgIpc) is 2.44. The molecule has 106 valence electrons. The summed E-state index contributed by atoms with van der Waals surface area (Å²) in [7, 11) is 0. The summed E-state index contributed by atoms with van der Waals surface area (Å²) >= 11 is 5.96. The van der Waals surface area contributed by atoms with E-state index < -0.39 is 0 Å². The lowest BCUT2D eigenvalue weighted by atomic mass is 9.78. The smallest absolute Gasteiger partial charge is 0.0470 e. The predicted molar refractivity (Wildman–Crippen MR) is 82.5 cm³/mol. The van der Waals surface area contributed by atoms with Gasteiger partial charge < -0.3 is 5.73 Å². The highest BCUT2D eigenvalue weighted by Gasteiger charge is 2.31. The van der Waals surface area contributed by atoms with Crippen molar-refractivity contribution in [3.05, 3.63) is 34.9 Å². The molecule has 2 N–H and O–H groups in total. The molecule has 2 rings (SSSR count). The SMILES string of the molecule is CCC1(C)CCN(C(CN)c2ccc(Cl)cc2)CC1. The van der Waals surface area contributed by atoms with Crippen LogP contribution in [0.3, 0.4) is 0 Å². The van der Waals surface area contributed by atoms with Gasteiger partial charge in [0.1, 0.15) is 0 Å². The van der Waals surface area contributed by atoms with Crippen molar-refractivity contribution in [3.63, 3.8) is 0 Å². The summed E-state index contributed by atoms with van der Waals surface area (Å²) < 4.78 is 0. The van der Waals surface area contributed by atoms with Gasteiger partial charge in [0.2, 0.25) is 0 Å².